The summed E-state index contributed by atoms with van der Waals surface area (Å²) in [5.74, 6) is -1.79. The van der Waals surface area contributed by atoms with E-state index >= 15 is 0 Å². The highest BCUT2D eigenvalue weighted by Gasteiger charge is 2.41. The van der Waals surface area contributed by atoms with E-state index in [-0.39, 0.29) is 29.6 Å². The van der Waals surface area contributed by atoms with Gasteiger partial charge in [-0.2, -0.15) is 0 Å². The van der Waals surface area contributed by atoms with Gasteiger partial charge in [0.1, 0.15) is 0 Å². The predicted molar refractivity (Wildman–Crippen MR) is 60.7 cm³/mol. The number of hydrogen-bond acceptors (Lipinski definition) is 3. The zero-order valence-corrected chi connectivity index (χ0v) is 9.25. The third kappa shape index (κ3) is 1.74. The molecule has 0 aromatic heterocycles. The summed E-state index contributed by atoms with van der Waals surface area (Å²) in [4.78, 5) is 0. The first-order valence-electron chi connectivity index (χ1n) is 5.80. The molecule has 0 saturated carbocycles. The molecule has 0 amide bonds. The van der Waals surface area contributed by atoms with Crippen molar-refractivity contribution in [3.8, 4) is 0 Å². The van der Waals surface area contributed by atoms with Gasteiger partial charge in [-0.3, -0.25) is 0 Å². The van der Waals surface area contributed by atoms with Crippen LogP contribution in [0.1, 0.15) is 19.3 Å². The molecule has 3 rings (SSSR count). The second kappa shape index (κ2) is 3.84. The van der Waals surface area contributed by atoms with Crippen molar-refractivity contribution in [3.05, 3.63) is 23.8 Å². The zero-order chi connectivity index (χ0) is 12.0. The second-order valence-electron chi connectivity index (χ2n) is 4.69. The summed E-state index contributed by atoms with van der Waals surface area (Å²) < 4.78 is 32.4. The number of nitrogens with one attached hydrogen (secondary N) is 1. The molecular formula is C12H14F2N2O. The lowest BCUT2D eigenvalue weighted by atomic mass is 9.95. The molecule has 3 nitrogen and oxygen atoms in total. The summed E-state index contributed by atoms with van der Waals surface area (Å²) in [6.45, 7) is 0. The van der Waals surface area contributed by atoms with Crippen LogP contribution in [0.25, 0.3) is 0 Å². The standard InChI is InChI=1S/C12H14F2N2O/c13-7-2-3-8(15)12(11(7)14)16-9-5-6-1-4-10(9)17-6/h2-3,6,9-10,16H,1,4-5,15H2. The van der Waals surface area contributed by atoms with Crippen LogP contribution in [-0.4, -0.2) is 18.2 Å². The fourth-order valence-corrected chi connectivity index (χ4v) is 2.69. The molecule has 5 heteroatoms. The van der Waals surface area contributed by atoms with E-state index < -0.39 is 11.6 Å². The zero-order valence-electron chi connectivity index (χ0n) is 9.25. The minimum atomic E-state index is -0.909. The van der Waals surface area contributed by atoms with Crippen LogP contribution in [0.2, 0.25) is 0 Å². The van der Waals surface area contributed by atoms with Gasteiger partial charge in [0.05, 0.1) is 29.6 Å². The Labute approximate surface area is 97.9 Å². The Bertz CT molecular complexity index is 452. The lowest BCUT2D eigenvalue weighted by Crippen LogP contribution is -2.31. The van der Waals surface area contributed by atoms with Gasteiger partial charge in [0, 0.05) is 0 Å². The molecule has 0 radical (unpaired) electrons. The fraction of sp³-hybridized carbons (Fsp3) is 0.500. The molecule has 92 valence electrons. The highest BCUT2D eigenvalue weighted by Crippen LogP contribution is 2.37. The third-order valence-electron chi connectivity index (χ3n) is 3.56. The summed E-state index contributed by atoms with van der Waals surface area (Å²) >= 11 is 0. The average molecular weight is 240 g/mol. The van der Waals surface area contributed by atoms with Gasteiger partial charge in [-0.1, -0.05) is 0 Å². The lowest BCUT2D eigenvalue weighted by Gasteiger charge is -2.22. The van der Waals surface area contributed by atoms with Crippen LogP contribution in [0.15, 0.2) is 12.1 Å². The molecule has 0 aliphatic carbocycles. The largest absolute Gasteiger partial charge is 0.397 e. The van der Waals surface area contributed by atoms with Crippen LogP contribution in [0.5, 0.6) is 0 Å². The molecule has 2 fully saturated rings. The molecule has 17 heavy (non-hydrogen) atoms. The number of nitrogens with two attached hydrogens (primary N) is 1. The summed E-state index contributed by atoms with van der Waals surface area (Å²) in [5, 5.41) is 2.98. The van der Waals surface area contributed by atoms with E-state index in [1.165, 1.54) is 6.07 Å². The second-order valence-corrected chi connectivity index (χ2v) is 4.69. The summed E-state index contributed by atoms with van der Waals surface area (Å²) in [5.41, 5.74) is 5.95. The Balaban J connectivity index is 1.83. The van der Waals surface area contributed by atoms with Gasteiger partial charge in [-0.05, 0) is 31.4 Å². The van der Waals surface area contributed by atoms with Crippen molar-refractivity contribution in [3.63, 3.8) is 0 Å². The van der Waals surface area contributed by atoms with E-state index in [4.69, 9.17) is 10.5 Å². The molecule has 3 N–H and O–H groups in total. The Kier molecular flexibility index (Phi) is 2.43. The number of fused-ring (bicyclic) bond motifs is 2. The van der Waals surface area contributed by atoms with Crippen molar-refractivity contribution >= 4 is 11.4 Å². The van der Waals surface area contributed by atoms with Gasteiger partial charge in [0.2, 0.25) is 0 Å². The molecule has 2 bridgehead atoms. The maximum atomic E-state index is 13.6. The summed E-state index contributed by atoms with van der Waals surface area (Å²) in [6.07, 6.45) is 3.22. The van der Waals surface area contributed by atoms with Gasteiger partial charge in [0.15, 0.2) is 11.6 Å². The van der Waals surface area contributed by atoms with Crippen molar-refractivity contribution < 1.29 is 13.5 Å². The minimum absolute atomic E-state index is 0.0346. The van der Waals surface area contributed by atoms with Crippen LogP contribution in [-0.2, 0) is 4.74 Å². The monoisotopic (exact) mass is 240 g/mol. The maximum absolute atomic E-state index is 13.6. The molecule has 3 unspecified atom stereocenters. The molecule has 0 spiro atoms. The van der Waals surface area contributed by atoms with E-state index in [1.807, 2.05) is 0 Å². The van der Waals surface area contributed by atoms with Crippen molar-refractivity contribution in [2.24, 2.45) is 0 Å². The van der Waals surface area contributed by atoms with Gasteiger partial charge in [-0.15, -0.1) is 0 Å². The number of ether oxygens (including phenoxy) is 1. The SMILES string of the molecule is Nc1ccc(F)c(F)c1NC1CC2CCC1O2. The fourth-order valence-electron chi connectivity index (χ4n) is 2.69. The third-order valence-corrected chi connectivity index (χ3v) is 3.56. The van der Waals surface area contributed by atoms with Crippen LogP contribution < -0.4 is 11.1 Å². The lowest BCUT2D eigenvalue weighted by molar-refractivity contribution is 0.102. The molecule has 2 heterocycles. The van der Waals surface area contributed by atoms with Crippen molar-refractivity contribution in [1.82, 2.24) is 0 Å². The highest BCUT2D eigenvalue weighted by molar-refractivity contribution is 5.67. The summed E-state index contributed by atoms with van der Waals surface area (Å²) in [6, 6.07) is 2.44. The molecular weight excluding hydrogens is 226 g/mol. The molecule has 1 aromatic carbocycles. The Hall–Kier alpha value is -1.36. The van der Waals surface area contributed by atoms with Crippen molar-refractivity contribution in [2.75, 3.05) is 11.1 Å². The number of nitrogen functional groups attached to an aromatic ring is 1. The first-order valence-corrected chi connectivity index (χ1v) is 5.80. The average Bonchev–Trinajstić information content (AvgIpc) is 2.91. The van der Waals surface area contributed by atoms with Crippen LogP contribution >= 0.6 is 0 Å². The van der Waals surface area contributed by atoms with Crippen LogP contribution in [0.4, 0.5) is 20.2 Å². The quantitative estimate of drug-likeness (QED) is 0.780. The van der Waals surface area contributed by atoms with Gasteiger partial charge >= 0.3 is 0 Å². The van der Waals surface area contributed by atoms with Crippen LogP contribution in [0.3, 0.4) is 0 Å². The number of halogens is 2. The molecule has 1 aromatic rings. The molecule has 2 aliphatic heterocycles. The van der Waals surface area contributed by atoms with E-state index in [1.54, 1.807) is 0 Å². The van der Waals surface area contributed by atoms with Crippen LogP contribution in [0, 0.1) is 11.6 Å². The minimum Gasteiger partial charge on any atom is -0.397 e. The Morgan fingerprint density at radius 3 is 2.76 bits per heavy atom. The topological polar surface area (TPSA) is 47.3 Å². The highest BCUT2D eigenvalue weighted by atomic mass is 19.2. The smallest absolute Gasteiger partial charge is 0.183 e. The van der Waals surface area contributed by atoms with Gasteiger partial charge in [-0.25, -0.2) is 8.78 Å². The van der Waals surface area contributed by atoms with Crippen molar-refractivity contribution in [1.29, 1.82) is 0 Å². The normalized spacial score (nSPS) is 30.8. The first kappa shape index (κ1) is 10.8. The van der Waals surface area contributed by atoms with E-state index in [0.29, 0.717) is 0 Å². The molecule has 2 saturated heterocycles. The van der Waals surface area contributed by atoms with E-state index in [9.17, 15) is 8.78 Å². The Morgan fingerprint density at radius 2 is 2.12 bits per heavy atom. The maximum Gasteiger partial charge on any atom is 0.183 e. The molecule has 3 atom stereocenters. The number of benzene rings is 1. The number of hydrogen-bond donors (Lipinski definition) is 2. The van der Waals surface area contributed by atoms with E-state index in [0.717, 1.165) is 25.3 Å². The van der Waals surface area contributed by atoms with Crippen molar-refractivity contribution in [2.45, 2.75) is 37.5 Å². The molecule has 2 aliphatic rings. The van der Waals surface area contributed by atoms with Gasteiger partial charge < -0.3 is 15.8 Å². The van der Waals surface area contributed by atoms with E-state index in [2.05, 4.69) is 5.32 Å². The number of rotatable bonds is 2. The number of anilines is 2. The summed E-state index contributed by atoms with van der Waals surface area (Å²) in [7, 11) is 0. The van der Waals surface area contributed by atoms with Gasteiger partial charge in [0.25, 0.3) is 0 Å². The Morgan fingerprint density at radius 1 is 1.29 bits per heavy atom. The predicted octanol–water partition coefficient (Wildman–Crippen LogP) is 2.28. The first-order chi connectivity index (χ1) is 8.15.